The first kappa shape index (κ1) is 18.8. The van der Waals surface area contributed by atoms with Gasteiger partial charge in [0, 0.05) is 31.9 Å². The highest BCUT2D eigenvalue weighted by atomic mass is 19.4. The summed E-state index contributed by atoms with van der Waals surface area (Å²) < 4.78 is 45.9. The summed E-state index contributed by atoms with van der Waals surface area (Å²) in [6.07, 6.45) is -2.64. The Bertz CT molecular complexity index is 645. The van der Waals surface area contributed by atoms with E-state index in [2.05, 4.69) is 5.32 Å². The summed E-state index contributed by atoms with van der Waals surface area (Å²) in [4.78, 5) is 15.8. The maximum Gasteiger partial charge on any atom is 0.418 e. The standard InChI is InChI=1S/C18H24F3N3O2/c1-13-3-2-6-24(12-13)17(25)22-16-5-4-14(11-15(16)18(19,20)21)23-7-9-26-10-8-23/h4-5,11,13H,2-3,6-10,12H2,1H3,(H,22,25)/t13-/m0/s1. The second-order valence-electron chi connectivity index (χ2n) is 6.95. The topological polar surface area (TPSA) is 44.8 Å². The number of hydrogen-bond donors (Lipinski definition) is 1. The van der Waals surface area contributed by atoms with Crippen LogP contribution >= 0.6 is 0 Å². The number of urea groups is 1. The van der Waals surface area contributed by atoms with Crippen LogP contribution in [-0.4, -0.2) is 50.3 Å². The number of carbonyl (C=O) groups is 1. The van der Waals surface area contributed by atoms with Crippen LogP contribution in [0.5, 0.6) is 0 Å². The number of rotatable bonds is 2. The normalized spacial score (nSPS) is 21.6. The monoisotopic (exact) mass is 371 g/mol. The molecule has 1 N–H and O–H groups in total. The average Bonchev–Trinajstić information content (AvgIpc) is 2.62. The van der Waals surface area contributed by atoms with E-state index in [1.807, 2.05) is 11.8 Å². The minimum atomic E-state index is -4.54. The molecule has 2 heterocycles. The van der Waals surface area contributed by atoms with Crippen LogP contribution in [0.4, 0.5) is 29.3 Å². The van der Waals surface area contributed by atoms with E-state index in [9.17, 15) is 18.0 Å². The van der Waals surface area contributed by atoms with Crippen LogP contribution in [0.15, 0.2) is 18.2 Å². The third-order valence-corrected chi connectivity index (χ3v) is 4.87. The lowest BCUT2D eigenvalue weighted by Crippen LogP contribution is -2.42. The number of likely N-dealkylation sites (tertiary alicyclic amines) is 1. The fraction of sp³-hybridized carbons (Fsp3) is 0.611. The minimum absolute atomic E-state index is 0.197. The number of hydrogen-bond acceptors (Lipinski definition) is 3. The van der Waals surface area contributed by atoms with Crippen molar-refractivity contribution in [2.75, 3.05) is 49.6 Å². The molecule has 5 nitrogen and oxygen atoms in total. The highest BCUT2D eigenvalue weighted by Crippen LogP contribution is 2.37. The molecule has 0 saturated carbocycles. The van der Waals surface area contributed by atoms with Gasteiger partial charge >= 0.3 is 12.2 Å². The Morgan fingerprint density at radius 2 is 1.96 bits per heavy atom. The molecule has 0 bridgehead atoms. The van der Waals surface area contributed by atoms with Gasteiger partial charge in [-0.2, -0.15) is 13.2 Å². The number of nitrogens with one attached hydrogen (secondary N) is 1. The van der Waals surface area contributed by atoms with Gasteiger partial charge in [0.25, 0.3) is 0 Å². The quantitative estimate of drug-likeness (QED) is 0.860. The predicted molar refractivity (Wildman–Crippen MR) is 93.5 cm³/mol. The largest absolute Gasteiger partial charge is 0.418 e. The van der Waals surface area contributed by atoms with Crippen molar-refractivity contribution in [2.24, 2.45) is 5.92 Å². The second kappa shape index (κ2) is 7.73. The van der Waals surface area contributed by atoms with E-state index in [0.29, 0.717) is 51.0 Å². The van der Waals surface area contributed by atoms with Crippen LogP contribution in [0.2, 0.25) is 0 Å². The van der Waals surface area contributed by atoms with E-state index in [1.165, 1.54) is 6.07 Å². The Morgan fingerprint density at radius 3 is 2.62 bits per heavy atom. The van der Waals surface area contributed by atoms with Gasteiger partial charge in [-0.1, -0.05) is 6.92 Å². The van der Waals surface area contributed by atoms with E-state index in [-0.39, 0.29) is 5.69 Å². The molecule has 2 aliphatic rings. The van der Waals surface area contributed by atoms with Crippen LogP contribution in [0.3, 0.4) is 0 Å². The lowest BCUT2D eigenvalue weighted by molar-refractivity contribution is -0.136. The average molecular weight is 371 g/mol. The van der Waals surface area contributed by atoms with Gasteiger partial charge in [-0.25, -0.2) is 4.79 Å². The number of nitrogens with zero attached hydrogens (tertiary/aromatic N) is 2. The molecular weight excluding hydrogens is 347 g/mol. The minimum Gasteiger partial charge on any atom is -0.378 e. The molecular formula is C18H24F3N3O2. The first-order chi connectivity index (χ1) is 12.3. The maximum absolute atomic E-state index is 13.5. The van der Waals surface area contributed by atoms with Crippen LogP contribution in [0.1, 0.15) is 25.3 Å². The van der Waals surface area contributed by atoms with Crippen LogP contribution in [-0.2, 0) is 10.9 Å². The van der Waals surface area contributed by atoms with Gasteiger partial charge < -0.3 is 19.9 Å². The second-order valence-corrected chi connectivity index (χ2v) is 6.95. The number of alkyl halides is 3. The fourth-order valence-corrected chi connectivity index (χ4v) is 3.46. The molecule has 26 heavy (non-hydrogen) atoms. The number of halogens is 3. The number of piperidine rings is 1. The fourth-order valence-electron chi connectivity index (χ4n) is 3.46. The van der Waals surface area contributed by atoms with Gasteiger partial charge in [0.2, 0.25) is 0 Å². The first-order valence-corrected chi connectivity index (χ1v) is 8.94. The van der Waals surface area contributed by atoms with Gasteiger partial charge in [-0.05, 0) is 37.0 Å². The lowest BCUT2D eigenvalue weighted by Gasteiger charge is -2.32. The van der Waals surface area contributed by atoms with E-state index >= 15 is 0 Å². The Labute approximate surface area is 151 Å². The Balaban J connectivity index is 1.80. The number of carbonyl (C=O) groups excluding carboxylic acids is 1. The third-order valence-electron chi connectivity index (χ3n) is 4.87. The number of benzene rings is 1. The van der Waals surface area contributed by atoms with Crippen molar-refractivity contribution in [1.82, 2.24) is 4.90 Å². The Kier molecular flexibility index (Phi) is 5.60. The molecule has 0 aliphatic carbocycles. The first-order valence-electron chi connectivity index (χ1n) is 8.94. The predicted octanol–water partition coefficient (Wildman–Crippen LogP) is 3.81. The van der Waals surface area contributed by atoms with Crippen molar-refractivity contribution >= 4 is 17.4 Å². The van der Waals surface area contributed by atoms with Crippen molar-refractivity contribution in [3.05, 3.63) is 23.8 Å². The molecule has 1 aromatic rings. The SMILES string of the molecule is C[C@H]1CCCN(C(=O)Nc2ccc(N3CCOCC3)cc2C(F)(F)F)C1. The van der Waals surface area contributed by atoms with Crippen LogP contribution in [0.25, 0.3) is 0 Å². The lowest BCUT2D eigenvalue weighted by atomic mass is 10.0. The Morgan fingerprint density at radius 1 is 1.23 bits per heavy atom. The van der Waals surface area contributed by atoms with Gasteiger partial charge in [0.1, 0.15) is 0 Å². The Hall–Kier alpha value is -1.96. The summed E-state index contributed by atoms with van der Waals surface area (Å²) in [7, 11) is 0. The van der Waals surface area contributed by atoms with E-state index < -0.39 is 17.8 Å². The van der Waals surface area contributed by atoms with Gasteiger partial charge in [0.05, 0.1) is 24.5 Å². The summed E-state index contributed by atoms with van der Waals surface area (Å²) in [5.74, 6) is 0.361. The summed E-state index contributed by atoms with van der Waals surface area (Å²) in [6, 6.07) is 3.61. The zero-order valence-corrected chi connectivity index (χ0v) is 14.8. The highest BCUT2D eigenvalue weighted by Gasteiger charge is 2.35. The molecule has 1 atom stereocenters. The summed E-state index contributed by atoms with van der Waals surface area (Å²) in [5.41, 5.74) is -0.525. The maximum atomic E-state index is 13.5. The molecule has 0 unspecified atom stereocenters. The number of anilines is 2. The molecule has 2 amide bonds. The van der Waals surface area contributed by atoms with Crippen LogP contribution in [0, 0.1) is 5.92 Å². The molecule has 2 aliphatic heterocycles. The molecule has 2 saturated heterocycles. The van der Waals surface area contributed by atoms with Crippen molar-refractivity contribution in [3.8, 4) is 0 Å². The van der Waals surface area contributed by atoms with Crippen molar-refractivity contribution in [1.29, 1.82) is 0 Å². The summed E-state index contributed by atoms with van der Waals surface area (Å²) >= 11 is 0. The summed E-state index contributed by atoms with van der Waals surface area (Å²) in [6.45, 7) is 5.27. The molecule has 0 spiro atoms. The van der Waals surface area contributed by atoms with E-state index in [4.69, 9.17) is 4.74 Å². The third kappa shape index (κ3) is 4.41. The number of amides is 2. The molecule has 144 valence electrons. The van der Waals surface area contributed by atoms with Crippen molar-refractivity contribution in [3.63, 3.8) is 0 Å². The van der Waals surface area contributed by atoms with Crippen molar-refractivity contribution in [2.45, 2.75) is 25.9 Å². The zero-order valence-electron chi connectivity index (χ0n) is 14.8. The number of ether oxygens (including phenoxy) is 1. The highest BCUT2D eigenvalue weighted by molar-refractivity contribution is 5.90. The molecule has 0 radical (unpaired) electrons. The van der Waals surface area contributed by atoms with Gasteiger partial charge in [-0.3, -0.25) is 0 Å². The van der Waals surface area contributed by atoms with Crippen LogP contribution < -0.4 is 10.2 Å². The zero-order chi connectivity index (χ0) is 18.7. The molecule has 8 heteroatoms. The summed E-state index contributed by atoms with van der Waals surface area (Å²) in [5, 5.41) is 2.46. The molecule has 3 rings (SSSR count). The molecule has 1 aromatic carbocycles. The van der Waals surface area contributed by atoms with Crippen molar-refractivity contribution < 1.29 is 22.7 Å². The smallest absolute Gasteiger partial charge is 0.378 e. The van der Waals surface area contributed by atoms with Gasteiger partial charge in [-0.15, -0.1) is 0 Å². The number of morpholine rings is 1. The molecule has 0 aromatic heterocycles. The van der Waals surface area contributed by atoms with Gasteiger partial charge in [0.15, 0.2) is 0 Å². The van der Waals surface area contributed by atoms with E-state index in [1.54, 1.807) is 11.0 Å². The molecule has 2 fully saturated rings. The van der Waals surface area contributed by atoms with E-state index in [0.717, 1.165) is 18.9 Å².